The van der Waals surface area contributed by atoms with Gasteiger partial charge in [0, 0.05) is 35.1 Å². The maximum atomic E-state index is 14.1. The third kappa shape index (κ3) is 5.98. The van der Waals surface area contributed by atoms with E-state index in [2.05, 4.69) is 0 Å². The van der Waals surface area contributed by atoms with Crippen molar-refractivity contribution >= 4 is 45.1 Å². The number of carbonyl (C=O) groups is 2. The number of carbonyl (C=O) groups excluding carboxylic acids is 1. The number of benzene rings is 2. The van der Waals surface area contributed by atoms with Gasteiger partial charge in [-0.1, -0.05) is 54.4 Å². The molecule has 200 valence electrons. The van der Waals surface area contributed by atoms with Crippen molar-refractivity contribution in [2.45, 2.75) is 57.5 Å². The molecule has 0 radical (unpaired) electrons. The van der Waals surface area contributed by atoms with Crippen molar-refractivity contribution in [1.29, 1.82) is 0 Å². The van der Waals surface area contributed by atoms with Gasteiger partial charge in [-0.05, 0) is 61.6 Å². The van der Waals surface area contributed by atoms with E-state index in [0.29, 0.717) is 42.4 Å². The lowest BCUT2D eigenvalue weighted by atomic mass is 9.67. The number of carboxylic acid groups (broad SMARTS) is 1. The van der Waals surface area contributed by atoms with E-state index >= 15 is 0 Å². The van der Waals surface area contributed by atoms with Crippen LogP contribution in [0.4, 0.5) is 0 Å². The van der Waals surface area contributed by atoms with Crippen LogP contribution in [0.25, 0.3) is 0 Å². The molecular weight excluding hydrogens is 535 g/mol. The van der Waals surface area contributed by atoms with Crippen molar-refractivity contribution < 1.29 is 23.1 Å². The highest BCUT2D eigenvalue weighted by atomic mass is 35.5. The molecule has 2 aliphatic rings. The standard InChI is InChI=1S/C27H32Cl2N2O5S/c1-18(11-13-30-12-4-14-37(30,35)36)31-25(19-7-9-21(28)10-8-19)23(20-5-3-6-22(29)15-20)16-27(2,26(31)34)17-24(32)33/h3,5-10,15,18,23,25H,4,11-14,16-17H2,1-2H3,(H,32,33)/t18-,23+,25+,27+/m0/s1. The number of likely N-dealkylation sites (tertiary alicyclic amines) is 1. The Morgan fingerprint density at radius 3 is 2.43 bits per heavy atom. The Hall–Kier alpha value is -2.13. The van der Waals surface area contributed by atoms with Crippen LogP contribution >= 0.6 is 23.2 Å². The van der Waals surface area contributed by atoms with Crippen LogP contribution < -0.4 is 0 Å². The summed E-state index contributed by atoms with van der Waals surface area (Å²) in [5.74, 6) is -1.38. The van der Waals surface area contributed by atoms with E-state index in [9.17, 15) is 23.1 Å². The van der Waals surface area contributed by atoms with Crippen LogP contribution in [0, 0.1) is 5.41 Å². The Bertz CT molecular complexity index is 1270. The van der Waals surface area contributed by atoms with Crippen molar-refractivity contribution in [1.82, 2.24) is 9.21 Å². The Balaban J connectivity index is 1.78. The topological polar surface area (TPSA) is 95.0 Å². The van der Waals surface area contributed by atoms with Gasteiger partial charge in [-0.3, -0.25) is 9.59 Å². The van der Waals surface area contributed by atoms with E-state index < -0.39 is 27.4 Å². The number of sulfonamides is 1. The van der Waals surface area contributed by atoms with Crippen molar-refractivity contribution in [2.75, 3.05) is 18.8 Å². The number of hydrogen-bond acceptors (Lipinski definition) is 4. The van der Waals surface area contributed by atoms with E-state index in [1.807, 2.05) is 37.3 Å². The van der Waals surface area contributed by atoms with Crippen LogP contribution in [0.3, 0.4) is 0 Å². The molecule has 0 aliphatic carbocycles. The van der Waals surface area contributed by atoms with Gasteiger partial charge in [0.2, 0.25) is 15.9 Å². The molecule has 1 N–H and O–H groups in total. The predicted molar refractivity (Wildman–Crippen MR) is 144 cm³/mol. The highest BCUT2D eigenvalue weighted by molar-refractivity contribution is 7.89. The van der Waals surface area contributed by atoms with Crippen LogP contribution in [0.5, 0.6) is 0 Å². The summed E-state index contributed by atoms with van der Waals surface area (Å²) < 4.78 is 26.2. The number of halogens is 2. The maximum Gasteiger partial charge on any atom is 0.304 e. The van der Waals surface area contributed by atoms with Gasteiger partial charge in [0.05, 0.1) is 23.6 Å². The minimum Gasteiger partial charge on any atom is -0.481 e. The van der Waals surface area contributed by atoms with Gasteiger partial charge in [-0.15, -0.1) is 0 Å². The summed E-state index contributed by atoms with van der Waals surface area (Å²) in [5, 5.41) is 10.8. The normalized spacial score (nSPS) is 26.8. The molecule has 4 atom stereocenters. The van der Waals surface area contributed by atoms with Gasteiger partial charge < -0.3 is 10.0 Å². The van der Waals surface area contributed by atoms with E-state index in [-0.39, 0.29) is 30.0 Å². The van der Waals surface area contributed by atoms with E-state index in [4.69, 9.17) is 23.2 Å². The first-order valence-corrected chi connectivity index (χ1v) is 14.8. The van der Waals surface area contributed by atoms with E-state index in [1.54, 1.807) is 30.0 Å². The van der Waals surface area contributed by atoms with Crippen LogP contribution in [0.1, 0.15) is 62.6 Å². The molecule has 4 rings (SSSR count). The lowest BCUT2D eigenvalue weighted by Crippen LogP contribution is -2.56. The third-order valence-electron chi connectivity index (χ3n) is 7.61. The summed E-state index contributed by atoms with van der Waals surface area (Å²) in [5.41, 5.74) is 0.645. The molecule has 0 saturated carbocycles. The predicted octanol–water partition coefficient (Wildman–Crippen LogP) is 5.35. The molecular formula is C27H32Cl2N2O5S. The molecule has 0 unspecified atom stereocenters. The zero-order valence-electron chi connectivity index (χ0n) is 20.9. The highest BCUT2D eigenvalue weighted by Gasteiger charge is 2.52. The first-order valence-electron chi connectivity index (χ1n) is 12.4. The average molecular weight is 568 g/mol. The average Bonchev–Trinajstić information content (AvgIpc) is 3.17. The lowest BCUT2D eigenvalue weighted by Gasteiger charge is -2.51. The second kappa shape index (κ2) is 10.9. The zero-order chi connectivity index (χ0) is 27.0. The summed E-state index contributed by atoms with van der Waals surface area (Å²) in [6.45, 7) is 4.40. The van der Waals surface area contributed by atoms with Crippen molar-refractivity contribution in [3.05, 3.63) is 69.7 Å². The monoisotopic (exact) mass is 566 g/mol. The number of rotatable bonds is 8. The first-order chi connectivity index (χ1) is 17.4. The molecule has 2 fully saturated rings. The van der Waals surface area contributed by atoms with Gasteiger partial charge in [0.15, 0.2) is 0 Å². The maximum absolute atomic E-state index is 14.1. The first kappa shape index (κ1) is 27.9. The minimum atomic E-state index is -3.27. The van der Waals surface area contributed by atoms with Gasteiger partial charge in [0.25, 0.3) is 0 Å². The molecule has 7 nitrogen and oxygen atoms in total. The SMILES string of the molecule is C[C@@H](CCN1CCCS1(=O)=O)N1C(=O)[C@@](C)(CC(=O)O)C[C@H](c2cccc(Cl)c2)[C@H]1c1ccc(Cl)cc1. The van der Waals surface area contributed by atoms with Gasteiger partial charge in [0.1, 0.15) is 0 Å². The number of carboxylic acids is 1. The molecule has 1 amide bonds. The molecule has 0 bridgehead atoms. The molecule has 37 heavy (non-hydrogen) atoms. The van der Waals surface area contributed by atoms with Crippen molar-refractivity contribution in [3.8, 4) is 0 Å². The molecule has 0 spiro atoms. The summed E-state index contributed by atoms with van der Waals surface area (Å²) in [6, 6.07) is 14.0. The molecule has 2 heterocycles. The summed E-state index contributed by atoms with van der Waals surface area (Å²) >= 11 is 12.5. The van der Waals surface area contributed by atoms with Crippen molar-refractivity contribution in [2.24, 2.45) is 5.41 Å². The Kier molecular flexibility index (Phi) is 8.24. The zero-order valence-corrected chi connectivity index (χ0v) is 23.3. The Morgan fingerprint density at radius 1 is 1.14 bits per heavy atom. The number of aliphatic carboxylic acids is 1. The second-order valence-corrected chi connectivity index (χ2v) is 13.4. The summed E-state index contributed by atoms with van der Waals surface area (Å²) in [4.78, 5) is 27.8. The quantitative estimate of drug-likeness (QED) is 0.465. The molecule has 0 aromatic heterocycles. The largest absolute Gasteiger partial charge is 0.481 e. The summed E-state index contributed by atoms with van der Waals surface area (Å²) in [6.07, 6.45) is 1.05. The fourth-order valence-electron chi connectivity index (χ4n) is 5.77. The van der Waals surface area contributed by atoms with Crippen molar-refractivity contribution in [3.63, 3.8) is 0 Å². The molecule has 2 aromatic rings. The number of nitrogens with zero attached hydrogens (tertiary/aromatic N) is 2. The number of amides is 1. The second-order valence-electron chi connectivity index (χ2n) is 10.4. The van der Waals surface area contributed by atoms with Crippen LogP contribution in [-0.4, -0.2) is 59.5 Å². The van der Waals surface area contributed by atoms with Crippen LogP contribution in [0.2, 0.25) is 10.0 Å². The number of piperidine rings is 1. The molecule has 2 saturated heterocycles. The van der Waals surface area contributed by atoms with Gasteiger partial charge in [-0.2, -0.15) is 0 Å². The van der Waals surface area contributed by atoms with Gasteiger partial charge in [-0.25, -0.2) is 12.7 Å². The molecule has 10 heteroatoms. The van der Waals surface area contributed by atoms with E-state index in [0.717, 1.165) is 11.1 Å². The fourth-order valence-corrected chi connectivity index (χ4v) is 7.64. The van der Waals surface area contributed by atoms with E-state index in [1.165, 1.54) is 4.31 Å². The summed E-state index contributed by atoms with van der Waals surface area (Å²) in [7, 11) is -3.27. The minimum absolute atomic E-state index is 0.144. The Morgan fingerprint density at radius 2 is 1.84 bits per heavy atom. The molecule has 2 aliphatic heterocycles. The van der Waals surface area contributed by atoms with Crippen LogP contribution in [-0.2, 0) is 19.6 Å². The van der Waals surface area contributed by atoms with Gasteiger partial charge >= 0.3 is 5.97 Å². The Labute approximate surface area is 228 Å². The molecule has 2 aromatic carbocycles. The third-order valence-corrected chi connectivity index (χ3v) is 10.0. The smallest absolute Gasteiger partial charge is 0.304 e. The lowest BCUT2D eigenvalue weighted by molar-refractivity contribution is -0.160. The highest BCUT2D eigenvalue weighted by Crippen LogP contribution is 2.52. The number of hydrogen-bond donors (Lipinski definition) is 1. The van der Waals surface area contributed by atoms with Crippen LogP contribution in [0.15, 0.2) is 48.5 Å². The fraction of sp³-hybridized carbons (Fsp3) is 0.481.